The molecular formula is C10H7N3O4. The lowest BCUT2D eigenvalue weighted by molar-refractivity contribution is -0.384. The number of carboxylic acid groups (broad SMARTS) is 1. The average Bonchev–Trinajstić information content (AvgIpc) is 2.78. The van der Waals surface area contributed by atoms with E-state index in [1.807, 2.05) is 0 Å². The first kappa shape index (κ1) is 10.8. The van der Waals surface area contributed by atoms with Gasteiger partial charge in [-0.3, -0.25) is 15.2 Å². The summed E-state index contributed by atoms with van der Waals surface area (Å²) in [4.78, 5) is 20.8. The van der Waals surface area contributed by atoms with Gasteiger partial charge in [-0.05, 0) is 12.1 Å². The summed E-state index contributed by atoms with van der Waals surface area (Å²) in [5, 5.41) is 25.6. The molecule has 86 valence electrons. The Hall–Kier alpha value is -2.70. The van der Waals surface area contributed by atoms with Gasteiger partial charge in [-0.15, -0.1) is 0 Å². The number of aromatic nitrogens is 2. The van der Waals surface area contributed by atoms with Crippen molar-refractivity contribution in [1.29, 1.82) is 0 Å². The lowest BCUT2D eigenvalue weighted by atomic mass is 10.1. The van der Waals surface area contributed by atoms with Crippen LogP contribution in [0.5, 0.6) is 0 Å². The SMILES string of the molecule is O=C(O)c1c[nH]nc1-c1ccc([N+](=O)[O-])cc1. The quantitative estimate of drug-likeness (QED) is 0.619. The number of carbonyl (C=O) groups is 1. The molecule has 0 aliphatic heterocycles. The van der Waals surface area contributed by atoms with E-state index < -0.39 is 10.9 Å². The van der Waals surface area contributed by atoms with Crippen molar-refractivity contribution >= 4 is 11.7 Å². The van der Waals surface area contributed by atoms with Crippen LogP contribution in [0, 0.1) is 10.1 Å². The zero-order valence-corrected chi connectivity index (χ0v) is 8.45. The van der Waals surface area contributed by atoms with Crippen LogP contribution in [0.4, 0.5) is 5.69 Å². The Morgan fingerprint density at radius 3 is 2.53 bits per heavy atom. The average molecular weight is 233 g/mol. The van der Waals surface area contributed by atoms with E-state index >= 15 is 0 Å². The van der Waals surface area contributed by atoms with E-state index in [4.69, 9.17) is 5.11 Å². The van der Waals surface area contributed by atoms with Crippen molar-refractivity contribution in [2.24, 2.45) is 0 Å². The molecule has 7 nitrogen and oxygen atoms in total. The summed E-state index contributed by atoms with van der Waals surface area (Å²) in [5.41, 5.74) is 0.738. The summed E-state index contributed by atoms with van der Waals surface area (Å²) >= 11 is 0. The summed E-state index contributed by atoms with van der Waals surface area (Å²) in [5.74, 6) is -1.10. The number of nitrogens with zero attached hydrogens (tertiary/aromatic N) is 2. The van der Waals surface area contributed by atoms with Gasteiger partial charge in [0, 0.05) is 23.9 Å². The van der Waals surface area contributed by atoms with Crippen molar-refractivity contribution in [1.82, 2.24) is 10.2 Å². The maximum absolute atomic E-state index is 10.9. The zero-order chi connectivity index (χ0) is 12.4. The van der Waals surface area contributed by atoms with Crippen LogP contribution in [-0.4, -0.2) is 26.2 Å². The number of non-ortho nitro benzene ring substituents is 1. The van der Waals surface area contributed by atoms with E-state index in [2.05, 4.69) is 10.2 Å². The highest BCUT2D eigenvalue weighted by Crippen LogP contribution is 2.23. The van der Waals surface area contributed by atoms with Gasteiger partial charge < -0.3 is 5.11 Å². The fourth-order valence-corrected chi connectivity index (χ4v) is 1.41. The first-order valence-corrected chi connectivity index (χ1v) is 4.61. The normalized spacial score (nSPS) is 10.1. The lowest BCUT2D eigenvalue weighted by Gasteiger charge is -1.98. The predicted molar refractivity (Wildman–Crippen MR) is 57.6 cm³/mol. The van der Waals surface area contributed by atoms with Crippen LogP contribution in [0.25, 0.3) is 11.3 Å². The highest BCUT2D eigenvalue weighted by Gasteiger charge is 2.15. The number of aromatic carboxylic acids is 1. The smallest absolute Gasteiger partial charge is 0.339 e. The molecule has 2 N–H and O–H groups in total. The van der Waals surface area contributed by atoms with Crippen molar-refractivity contribution in [3.05, 3.63) is 46.1 Å². The minimum atomic E-state index is -1.10. The van der Waals surface area contributed by atoms with Gasteiger partial charge in [0.1, 0.15) is 11.3 Å². The van der Waals surface area contributed by atoms with Crippen molar-refractivity contribution in [3.8, 4) is 11.3 Å². The van der Waals surface area contributed by atoms with Crippen molar-refractivity contribution in [3.63, 3.8) is 0 Å². The Balaban J connectivity index is 2.43. The Labute approximate surface area is 94.9 Å². The number of hydrogen-bond donors (Lipinski definition) is 2. The number of nitrogens with one attached hydrogen (secondary N) is 1. The van der Waals surface area contributed by atoms with Crippen LogP contribution in [-0.2, 0) is 0 Å². The van der Waals surface area contributed by atoms with E-state index in [1.165, 1.54) is 30.5 Å². The second-order valence-corrected chi connectivity index (χ2v) is 3.26. The Bertz CT molecular complexity index is 573. The first-order chi connectivity index (χ1) is 8.09. The number of benzene rings is 1. The molecule has 7 heteroatoms. The van der Waals surface area contributed by atoms with Gasteiger partial charge in [-0.25, -0.2) is 4.79 Å². The number of aromatic amines is 1. The van der Waals surface area contributed by atoms with Gasteiger partial charge in [0.15, 0.2) is 0 Å². The topological polar surface area (TPSA) is 109 Å². The van der Waals surface area contributed by atoms with Crippen LogP contribution in [0.3, 0.4) is 0 Å². The van der Waals surface area contributed by atoms with Gasteiger partial charge in [0.2, 0.25) is 0 Å². The van der Waals surface area contributed by atoms with Gasteiger partial charge in [0.25, 0.3) is 5.69 Å². The van der Waals surface area contributed by atoms with Crippen LogP contribution < -0.4 is 0 Å². The second kappa shape index (κ2) is 4.05. The molecule has 0 aliphatic carbocycles. The number of carboxylic acids is 1. The molecule has 0 fully saturated rings. The molecule has 17 heavy (non-hydrogen) atoms. The third-order valence-electron chi connectivity index (χ3n) is 2.22. The van der Waals surface area contributed by atoms with Crippen LogP contribution >= 0.6 is 0 Å². The summed E-state index contributed by atoms with van der Waals surface area (Å²) < 4.78 is 0. The number of hydrogen-bond acceptors (Lipinski definition) is 4. The maximum atomic E-state index is 10.9. The summed E-state index contributed by atoms with van der Waals surface area (Å²) in [6.07, 6.45) is 1.26. The molecule has 1 aromatic heterocycles. The summed E-state index contributed by atoms with van der Waals surface area (Å²) in [7, 11) is 0. The monoisotopic (exact) mass is 233 g/mol. The van der Waals surface area contributed by atoms with E-state index in [9.17, 15) is 14.9 Å². The highest BCUT2D eigenvalue weighted by molar-refractivity contribution is 5.94. The molecule has 0 atom stereocenters. The number of H-pyrrole nitrogens is 1. The molecule has 0 saturated carbocycles. The largest absolute Gasteiger partial charge is 0.478 e. The molecule has 0 amide bonds. The number of rotatable bonds is 3. The minimum absolute atomic E-state index is 0.0267. The van der Waals surface area contributed by atoms with Gasteiger partial charge >= 0.3 is 5.97 Å². The van der Waals surface area contributed by atoms with Crippen molar-refractivity contribution in [2.45, 2.75) is 0 Å². The van der Waals surface area contributed by atoms with Crippen LogP contribution in [0.1, 0.15) is 10.4 Å². The van der Waals surface area contributed by atoms with E-state index in [1.54, 1.807) is 0 Å². The molecule has 0 bridgehead atoms. The van der Waals surface area contributed by atoms with Crippen LogP contribution in [0.2, 0.25) is 0 Å². The Morgan fingerprint density at radius 2 is 2.00 bits per heavy atom. The van der Waals surface area contributed by atoms with Gasteiger partial charge in [-0.2, -0.15) is 5.10 Å². The standard InChI is InChI=1S/C10H7N3O4/c14-10(15)8-5-11-12-9(8)6-1-3-7(4-2-6)13(16)17/h1-5H,(H,11,12)(H,14,15). The molecule has 2 rings (SSSR count). The van der Waals surface area contributed by atoms with Crippen LogP contribution in [0.15, 0.2) is 30.5 Å². The maximum Gasteiger partial charge on any atom is 0.339 e. The molecule has 0 aliphatic rings. The molecular weight excluding hydrogens is 226 g/mol. The second-order valence-electron chi connectivity index (χ2n) is 3.26. The minimum Gasteiger partial charge on any atom is -0.478 e. The fourth-order valence-electron chi connectivity index (χ4n) is 1.41. The summed E-state index contributed by atoms with van der Waals surface area (Å²) in [6.45, 7) is 0. The number of nitro benzene ring substituents is 1. The zero-order valence-electron chi connectivity index (χ0n) is 8.45. The van der Waals surface area contributed by atoms with Gasteiger partial charge in [-0.1, -0.05) is 0 Å². The molecule has 0 saturated heterocycles. The van der Waals surface area contributed by atoms with Crippen molar-refractivity contribution in [2.75, 3.05) is 0 Å². The van der Waals surface area contributed by atoms with Gasteiger partial charge in [0.05, 0.1) is 4.92 Å². The molecule has 2 aromatic rings. The van der Waals surface area contributed by atoms with E-state index in [-0.39, 0.29) is 16.9 Å². The molecule has 0 spiro atoms. The summed E-state index contributed by atoms with van der Waals surface area (Å²) in [6, 6.07) is 5.52. The van der Waals surface area contributed by atoms with E-state index in [0.29, 0.717) is 5.56 Å². The fraction of sp³-hybridized carbons (Fsp3) is 0. The third-order valence-corrected chi connectivity index (χ3v) is 2.22. The molecule has 1 heterocycles. The lowest BCUT2D eigenvalue weighted by Crippen LogP contribution is -1.96. The van der Waals surface area contributed by atoms with E-state index in [0.717, 1.165) is 0 Å². The van der Waals surface area contributed by atoms with Crippen molar-refractivity contribution < 1.29 is 14.8 Å². The molecule has 0 radical (unpaired) electrons. The highest BCUT2D eigenvalue weighted by atomic mass is 16.6. The first-order valence-electron chi connectivity index (χ1n) is 4.61. The Kier molecular flexibility index (Phi) is 2.57. The third kappa shape index (κ3) is 1.98. The Morgan fingerprint density at radius 1 is 1.35 bits per heavy atom. The molecule has 1 aromatic carbocycles. The number of nitro groups is 1. The molecule has 0 unspecified atom stereocenters. The predicted octanol–water partition coefficient (Wildman–Crippen LogP) is 1.68.